The number of nitrogens with two attached hydrogens (primary N) is 2. The van der Waals surface area contributed by atoms with Crippen LogP contribution in [-0.2, 0) is 18.2 Å². The monoisotopic (exact) mass is 401 g/mol. The van der Waals surface area contributed by atoms with E-state index in [2.05, 4.69) is 15.8 Å². The molecule has 0 saturated heterocycles. The van der Waals surface area contributed by atoms with E-state index in [0.717, 1.165) is 0 Å². The minimum Gasteiger partial charge on any atom is -0.391 e. The first kappa shape index (κ1) is 27.9. The summed E-state index contributed by atoms with van der Waals surface area (Å²) >= 11 is 0. The zero-order valence-corrected chi connectivity index (χ0v) is 13.9. The van der Waals surface area contributed by atoms with Crippen LogP contribution in [0.15, 0.2) is 0 Å². The molecule has 0 aliphatic rings. The second-order valence-electron chi connectivity index (χ2n) is 3.87. The molecule has 146 valence electrons. The SMILES string of the molecule is CC(O)C(O)C(O)C(O)C=O.N=C(N)N.O=P(O)(O)OP(=O)(O)O. The number of rotatable bonds is 6. The second-order valence-corrected chi connectivity index (χ2v) is 6.48. The van der Waals surface area contributed by atoms with E-state index in [1.165, 1.54) is 6.92 Å². The van der Waals surface area contributed by atoms with E-state index in [4.69, 9.17) is 45.4 Å². The van der Waals surface area contributed by atoms with Crippen LogP contribution in [0.3, 0.4) is 0 Å². The predicted molar refractivity (Wildman–Crippen MR) is 77.0 cm³/mol. The van der Waals surface area contributed by atoms with Crippen molar-refractivity contribution in [2.24, 2.45) is 11.5 Å². The minimum atomic E-state index is -5.05. The Morgan fingerprint density at radius 1 is 1.00 bits per heavy atom. The van der Waals surface area contributed by atoms with Crippen LogP contribution in [0.4, 0.5) is 0 Å². The lowest BCUT2D eigenvalue weighted by molar-refractivity contribution is -0.132. The summed E-state index contributed by atoms with van der Waals surface area (Å²) in [5.74, 6) is -0.333. The summed E-state index contributed by atoms with van der Waals surface area (Å²) in [7, 11) is -10.1. The molecule has 4 atom stereocenters. The smallest absolute Gasteiger partial charge is 0.391 e. The number of guanidine groups is 1. The number of carbonyl (C=O) groups is 1. The van der Waals surface area contributed by atoms with E-state index < -0.39 is 40.1 Å². The van der Waals surface area contributed by atoms with Crippen LogP contribution in [-0.4, -0.2) is 76.7 Å². The Kier molecular flexibility index (Phi) is 14.4. The summed E-state index contributed by atoms with van der Waals surface area (Å²) in [6.07, 6.45) is -5.88. The molecule has 0 aliphatic heterocycles. The molecule has 0 radical (unpaired) electrons. The van der Waals surface area contributed by atoms with Gasteiger partial charge in [-0.25, -0.2) is 9.13 Å². The summed E-state index contributed by atoms with van der Waals surface area (Å²) in [5, 5.41) is 41.2. The van der Waals surface area contributed by atoms with Crippen LogP contribution in [0.25, 0.3) is 0 Å². The molecule has 0 bridgehead atoms. The molecule has 13 N–H and O–H groups in total. The van der Waals surface area contributed by atoms with Gasteiger partial charge in [0.2, 0.25) is 0 Å². The maximum Gasteiger partial charge on any atom is 0.478 e. The maximum atomic E-state index is 9.87. The molecular formula is C7H21N3O12P2. The second kappa shape index (κ2) is 12.4. The van der Waals surface area contributed by atoms with E-state index >= 15 is 0 Å². The molecule has 0 spiro atoms. The average molecular weight is 401 g/mol. The van der Waals surface area contributed by atoms with Gasteiger partial charge in [-0.3, -0.25) is 5.41 Å². The highest BCUT2D eigenvalue weighted by Crippen LogP contribution is 2.53. The van der Waals surface area contributed by atoms with Crippen molar-refractivity contribution in [3.8, 4) is 0 Å². The van der Waals surface area contributed by atoms with Crippen LogP contribution in [0, 0.1) is 5.41 Å². The molecule has 0 aliphatic carbocycles. The molecule has 0 rings (SSSR count). The molecule has 0 heterocycles. The lowest BCUT2D eigenvalue weighted by Gasteiger charge is -2.21. The minimum absolute atomic E-state index is 0.0935. The summed E-state index contributed by atoms with van der Waals surface area (Å²) < 4.78 is 22.2. The average Bonchev–Trinajstić information content (AvgIpc) is 2.31. The van der Waals surface area contributed by atoms with Crippen molar-refractivity contribution in [2.45, 2.75) is 31.3 Å². The number of hydrogen-bond acceptors (Lipinski definition) is 9. The highest BCUT2D eigenvalue weighted by molar-refractivity contribution is 7.60. The number of hydrogen-bond donors (Lipinski definition) is 11. The molecule has 24 heavy (non-hydrogen) atoms. The first-order valence-electron chi connectivity index (χ1n) is 5.54. The number of nitrogens with one attached hydrogen (secondary N) is 1. The lowest BCUT2D eigenvalue weighted by Crippen LogP contribution is -2.43. The van der Waals surface area contributed by atoms with Crippen molar-refractivity contribution in [1.82, 2.24) is 0 Å². The van der Waals surface area contributed by atoms with Gasteiger partial charge in [0.1, 0.15) is 18.3 Å². The number of aliphatic hydroxyl groups excluding tert-OH is 4. The first-order chi connectivity index (χ1) is 10.4. The van der Waals surface area contributed by atoms with Gasteiger partial charge in [0.05, 0.1) is 6.10 Å². The van der Waals surface area contributed by atoms with E-state index in [1.807, 2.05) is 0 Å². The van der Waals surface area contributed by atoms with Gasteiger partial charge >= 0.3 is 15.6 Å². The Morgan fingerprint density at radius 3 is 1.42 bits per heavy atom. The third kappa shape index (κ3) is 23.3. The van der Waals surface area contributed by atoms with Crippen molar-refractivity contribution in [3.63, 3.8) is 0 Å². The molecule has 0 aromatic rings. The van der Waals surface area contributed by atoms with Crippen molar-refractivity contribution >= 4 is 27.9 Å². The predicted octanol–water partition coefficient (Wildman–Crippen LogP) is -4.32. The Labute approximate surface area is 135 Å². The molecule has 0 aromatic carbocycles. The Bertz CT molecular complexity index is 438. The van der Waals surface area contributed by atoms with Gasteiger partial charge in [0.25, 0.3) is 0 Å². The third-order valence-electron chi connectivity index (χ3n) is 1.55. The van der Waals surface area contributed by atoms with E-state index in [0.29, 0.717) is 0 Å². The number of carbonyl (C=O) groups excluding carboxylic acids is 1. The normalized spacial score (nSPS) is 16.2. The summed E-state index contributed by atoms with van der Waals surface area (Å²) in [4.78, 5) is 40.9. The van der Waals surface area contributed by atoms with Crippen molar-refractivity contribution < 1.29 is 58.2 Å². The fourth-order valence-electron chi connectivity index (χ4n) is 0.706. The Morgan fingerprint density at radius 2 is 1.29 bits per heavy atom. The van der Waals surface area contributed by atoms with E-state index in [-0.39, 0.29) is 12.2 Å². The molecule has 0 amide bonds. The number of aliphatic hydroxyl groups is 4. The topological polar surface area (TPSA) is 298 Å². The molecular weight excluding hydrogens is 380 g/mol. The largest absolute Gasteiger partial charge is 0.478 e. The Hall–Kier alpha value is -0.960. The third-order valence-corrected chi connectivity index (χ3v) is 3.25. The molecule has 0 fully saturated rings. The molecule has 15 nitrogen and oxygen atoms in total. The summed E-state index contributed by atoms with van der Waals surface area (Å²) in [6.45, 7) is 1.24. The molecule has 17 heteroatoms. The fraction of sp³-hybridized carbons (Fsp3) is 0.714. The van der Waals surface area contributed by atoms with Crippen LogP contribution < -0.4 is 11.5 Å². The van der Waals surface area contributed by atoms with Crippen LogP contribution in [0.5, 0.6) is 0 Å². The highest BCUT2D eigenvalue weighted by atomic mass is 31.3. The lowest BCUT2D eigenvalue weighted by atomic mass is 10.1. The van der Waals surface area contributed by atoms with Gasteiger partial charge in [0, 0.05) is 0 Å². The molecule has 0 aromatic heterocycles. The molecule has 0 saturated carbocycles. The Balaban J connectivity index is -0.000000305. The van der Waals surface area contributed by atoms with Crippen molar-refractivity contribution in [3.05, 3.63) is 0 Å². The summed E-state index contributed by atoms with van der Waals surface area (Å²) in [6, 6.07) is 0. The van der Waals surface area contributed by atoms with Gasteiger partial charge in [-0.15, -0.1) is 0 Å². The highest BCUT2D eigenvalue weighted by Gasteiger charge is 2.28. The van der Waals surface area contributed by atoms with E-state index in [9.17, 15) is 13.9 Å². The summed E-state index contributed by atoms with van der Waals surface area (Å²) in [5.41, 5.74) is 8.94. The van der Waals surface area contributed by atoms with Crippen LogP contribution in [0.2, 0.25) is 0 Å². The van der Waals surface area contributed by atoms with E-state index in [1.54, 1.807) is 0 Å². The zero-order valence-electron chi connectivity index (χ0n) is 12.1. The van der Waals surface area contributed by atoms with Crippen molar-refractivity contribution in [1.29, 1.82) is 5.41 Å². The molecule has 4 unspecified atom stereocenters. The van der Waals surface area contributed by atoms with Crippen molar-refractivity contribution in [2.75, 3.05) is 0 Å². The maximum absolute atomic E-state index is 9.87. The number of phosphoric acid groups is 2. The van der Waals surface area contributed by atoms with Gasteiger partial charge in [-0.2, -0.15) is 4.31 Å². The fourth-order valence-corrected chi connectivity index (χ4v) is 1.81. The van der Waals surface area contributed by atoms with Gasteiger partial charge in [0.15, 0.2) is 12.2 Å². The van der Waals surface area contributed by atoms with Gasteiger partial charge < -0.3 is 56.3 Å². The van der Waals surface area contributed by atoms with Gasteiger partial charge in [-0.1, -0.05) is 0 Å². The van der Waals surface area contributed by atoms with Crippen LogP contribution >= 0.6 is 15.6 Å². The zero-order chi connectivity index (χ0) is 20.3. The quantitative estimate of drug-likeness (QED) is 0.0868. The first-order valence-corrected chi connectivity index (χ1v) is 8.60. The standard InChI is InChI=1S/C6H12O5.CH5N3.H4O7P2/c1-3(8)5(10)6(11)4(9)2-7;2-1(3)4;1-8(2,3)7-9(4,5)6/h2-6,8-11H,1H3;(H5,2,3,4);(H2,1,2,3)(H2,4,5,6). The van der Waals surface area contributed by atoms with Crippen LogP contribution in [0.1, 0.15) is 6.92 Å². The number of aldehydes is 1. The van der Waals surface area contributed by atoms with Gasteiger partial charge in [-0.05, 0) is 6.92 Å².